The highest BCUT2D eigenvalue weighted by Gasteiger charge is 2.16. The van der Waals surface area contributed by atoms with Crippen LogP contribution in [-0.2, 0) is 4.74 Å². The van der Waals surface area contributed by atoms with Gasteiger partial charge >= 0.3 is 5.97 Å². The summed E-state index contributed by atoms with van der Waals surface area (Å²) in [6, 6.07) is 8.71. The third-order valence-electron chi connectivity index (χ3n) is 3.36. The van der Waals surface area contributed by atoms with E-state index < -0.39 is 5.97 Å². The minimum absolute atomic E-state index is 0.158. The molecule has 2 aromatic heterocycles. The zero-order chi connectivity index (χ0) is 17.3. The van der Waals surface area contributed by atoms with Gasteiger partial charge in [0.15, 0.2) is 11.3 Å². The van der Waals surface area contributed by atoms with Crippen molar-refractivity contribution in [3.8, 4) is 0 Å². The van der Waals surface area contributed by atoms with Gasteiger partial charge in [-0.1, -0.05) is 35.3 Å². The summed E-state index contributed by atoms with van der Waals surface area (Å²) in [6.07, 6.45) is 0. The molecule has 0 saturated carbocycles. The molecular formula is C16H14Cl2N4O2. The normalized spacial score (nSPS) is 10.8. The lowest BCUT2D eigenvalue weighted by molar-refractivity contribution is 0.0519. The molecule has 0 fully saturated rings. The summed E-state index contributed by atoms with van der Waals surface area (Å²) in [5, 5.41) is 8.28. The summed E-state index contributed by atoms with van der Waals surface area (Å²) in [5.74, 6) is 0.0238. The maximum Gasteiger partial charge on any atom is 0.358 e. The molecule has 1 N–H and O–H groups in total. The Morgan fingerprint density at radius 1 is 1.33 bits per heavy atom. The highest BCUT2D eigenvalue weighted by Crippen LogP contribution is 2.29. The number of aromatic nitrogens is 3. The van der Waals surface area contributed by atoms with Crippen molar-refractivity contribution in [3.63, 3.8) is 0 Å². The van der Waals surface area contributed by atoms with E-state index in [1.54, 1.807) is 19.1 Å². The largest absolute Gasteiger partial charge is 0.461 e. The van der Waals surface area contributed by atoms with Crippen molar-refractivity contribution in [1.29, 1.82) is 0 Å². The molecule has 0 aliphatic carbocycles. The third kappa shape index (κ3) is 3.16. The predicted octanol–water partition coefficient (Wildman–Crippen LogP) is 4.26. The van der Waals surface area contributed by atoms with Crippen LogP contribution in [-0.4, -0.2) is 27.2 Å². The van der Waals surface area contributed by atoms with Crippen LogP contribution in [0.1, 0.15) is 23.0 Å². The van der Waals surface area contributed by atoms with Gasteiger partial charge in [0.1, 0.15) is 11.0 Å². The van der Waals surface area contributed by atoms with Gasteiger partial charge < -0.3 is 10.1 Å². The molecule has 0 atom stereocenters. The first-order valence-electron chi connectivity index (χ1n) is 7.25. The summed E-state index contributed by atoms with van der Waals surface area (Å²) in [5.41, 5.74) is 2.28. The van der Waals surface area contributed by atoms with Crippen LogP contribution in [0.3, 0.4) is 0 Å². The first-order chi connectivity index (χ1) is 11.5. The minimum Gasteiger partial charge on any atom is -0.461 e. The van der Waals surface area contributed by atoms with E-state index >= 15 is 0 Å². The average molecular weight is 365 g/mol. The van der Waals surface area contributed by atoms with Crippen LogP contribution in [0.5, 0.6) is 0 Å². The van der Waals surface area contributed by atoms with E-state index in [0.29, 0.717) is 16.5 Å². The molecule has 0 amide bonds. The Balaban J connectivity index is 2.08. The van der Waals surface area contributed by atoms with E-state index in [9.17, 15) is 4.79 Å². The lowest BCUT2D eigenvalue weighted by atomic mass is 10.2. The van der Waals surface area contributed by atoms with Gasteiger partial charge in [-0.05, 0) is 25.5 Å². The van der Waals surface area contributed by atoms with Crippen LogP contribution < -0.4 is 5.32 Å². The summed E-state index contributed by atoms with van der Waals surface area (Å²) >= 11 is 12.3. The van der Waals surface area contributed by atoms with E-state index in [1.807, 2.05) is 19.1 Å². The molecule has 0 saturated heterocycles. The van der Waals surface area contributed by atoms with Gasteiger partial charge in [0.05, 0.1) is 17.3 Å². The molecule has 0 bridgehead atoms. The highest BCUT2D eigenvalue weighted by molar-refractivity contribution is 6.33. The molecule has 6 nitrogen and oxygen atoms in total. The first kappa shape index (κ1) is 16.5. The van der Waals surface area contributed by atoms with Crippen molar-refractivity contribution < 1.29 is 9.53 Å². The Kier molecular flexibility index (Phi) is 4.59. The van der Waals surface area contributed by atoms with E-state index in [0.717, 1.165) is 11.3 Å². The molecule has 0 unspecified atom stereocenters. The van der Waals surface area contributed by atoms with Gasteiger partial charge in [-0.15, -0.1) is 0 Å². The molecular weight excluding hydrogens is 351 g/mol. The Hall–Kier alpha value is -2.31. The second kappa shape index (κ2) is 6.67. The van der Waals surface area contributed by atoms with E-state index in [4.69, 9.17) is 27.9 Å². The number of carbonyl (C=O) groups excluding carboxylic acids is 1. The molecule has 0 radical (unpaired) electrons. The number of nitrogens with one attached hydrogen (secondary N) is 1. The molecule has 8 heteroatoms. The summed E-state index contributed by atoms with van der Waals surface area (Å²) in [4.78, 5) is 16.0. The van der Waals surface area contributed by atoms with Crippen LogP contribution in [0.2, 0.25) is 10.2 Å². The number of fused-ring (bicyclic) bond motifs is 1. The van der Waals surface area contributed by atoms with Crippen molar-refractivity contribution in [1.82, 2.24) is 14.6 Å². The van der Waals surface area contributed by atoms with Crippen LogP contribution >= 0.6 is 23.2 Å². The number of carbonyl (C=O) groups is 1. The van der Waals surface area contributed by atoms with Crippen molar-refractivity contribution in [2.45, 2.75) is 13.8 Å². The average Bonchev–Trinajstić information content (AvgIpc) is 2.95. The van der Waals surface area contributed by atoms with Crippen molar-refractivity contribution in [2.24, 2.45) is 0 Å². The molecule has 124 valence electrons. The Morgan fingerprint density at radius 3 is 2.83 bits per heavy atom. The van der Waals surface area contributed by atoms with Crippen LogP contribution in [0, 0.1) is 6.92 Å². The molecule has 3 aromatic rings. The summed E-state index contributed by atoms with van der Waals surface area (Å²) in [7, 11) is 0. The Bertz CT molecular complexity index is 904. The fraction of sp³-hybridized carbons (Fsp3) is 0.188. The quantitative estimate of drug-likeness (QED) is 0.553. The van der Waals surface area contributed by atoms with E-state index in [1.165, 1.54) is 10.6 Å². The van der Waals surface area contributed by atoms with Gasteiger partial charge in [0, 0.05) is 12.1 Å². The summed E-state index contributed by atoms with van der Waals surface area (Å²) < 4.78 is 6.45. The second-order valence-electron chi connectivity index (χ2n) is 5.04. The SMILES string of the molecule is CCOC(=O)c1cc2nc(Cl)cc(Nc3c(C)cccc3Cl)n2n1. The number of rotatable bonds is 4. The Labute approximate surface area is 148 Å². The van der Waals surface area contributed by atoms with Crippen molar-refractivity contribution >= 4 is 46.3 Å². The fourth-order valence-electron chi connectivity index (χ4n) is 2.26. The van der Waals surface area contributed by atoms with Crippen LogP contribution in [0.4, 0.5) is 11.5 Å². The zero-order valence-electron chi connectivity index (χ0n) is 13.0. The van der Waals surface area contributed by atoms with Crippen molar-refractivity contribution in [2.75, 3.05) is 11.9 Å². The number of nitrogens with zero attached hydrogens (tertiary/aromatic N) is 3. The fourth-order valence-corrected chi connectivity index (χ4v) is 2.71. The van der Waals surface area contributed by atoms with Crippen molar-refractivity contribution in [3.05, 3.63) is 51.8 Å². The van der Waals surface area contributed by atoms with E-state index in [-0.39, 0.29) is 17.5 Å². The molecule has 0 spiro atoms. The maximum atomic E-state index is 11.9. The molecule has 1 aromatic carbocycles. The van der Waals surface area contributed by atoms with Crippen LogP contribution in [0.15, 0.2) is 30.3 Å². The number of aryl methyl sites for hydroxylation is 1. The molecule has 0 aliphatic heterocycles. The number of para-hydroxylation sites is 1. The minimum atomic E-state index is -0.515. The molecule has 0 aliphatic rings. The topological polar surface area (TPSA) is 68.5 Å². The molecule has 24 heavy (non-hydrogen) atoms. The van der Waals surface area contributed by atoms with Gasteiger partial charge in [0.2, 0.25) is 0 Å². The molecule has 3 rings (SSSR count). The number of hydrogen-bond acceptors (Lipinski definition) is 5. The first-order valence-corrected chi connectivity index (χ1v) is 8.00. The van der Waals surface area contributed by atoms with Gasteiger partial charge in [0.25, 0.3) is 0 Å². The number of ether oxygens (including phenoxy) is 1. The number of benzene rings is 1. The third-order valence-corrected chi connectivity index (χ3v) is 3.86. The zero-order valence-corrected chi connectivity index (χ0v) is 14.5. The van der Waals surface area contributed by atoms with Gasteiger partial charge in [-0.3, -0.25) is 0 Å². The van der Waals surface area contributed by atoms with E-state index in [2.05, 4.69) is 15.4 Å². The second-order valence-corrected chi connectivity index (χ2v) is 5.84. The Morgan fingerprint density at radius 2 is 2.12 bits per heavy atom. The number of halogens is 2. The smallest absolute Gasteiger partial charge is 0.358 e. The predicted molar refractivity (Wildman–Crippen MR) is 93.4 cm³/mol. The van der Waals surface area contributed by atoms with Gasteiger partial charge in [-0.2, -0.15) is 9.61 Å². The van der Waals surface area contributed by atoms with Gasteiger partial charge in [-0.25, -0.2) is 9.78 Å². The lowest BCUT2D eigenvalue weighted by Crippen LogP contribution is -2.07. The number of hydrogen-bond donors (Lipinski definition) is 1. The molecule has 2 heterocycles. The van der Waals surface area contributed by atoms with Crippen LogP contribution in [0.25, 0.3) is 5.65 Å². The standard InChI is InChI=1S/C16H14Cl2N4O2/c1-3-24-16(23)11-7-13-19-12(18)8-14(22(13)21-11)20-15-9(2)5-4-6-10(15)17/h4-8,20H,3H2,1-2H3. The summed E-state index contributed by atoms with van der Waals surface area (Å²) in [6.45, 7) is 3.93. The lowest BCUT2D eigenvalue weighted by Gasteiger charge is -2.12. The number of anilines is 2. The number of esters is 1. The maximum absolute atomic E-state index is 11.9. The monoisotopic (exact) mass is 364 g/mol. The highest BCUT2D eigenvalue weighted by atomic mass is 35.5.